The van der Waals surface area contributed by atoms with E-state index in [1.807, 2.05) is 64.1 Å². The van der Waals surface area contributed by atoms with Crippen molar-refractivity contribution in [3.63, 3.8) is 0 Å². The van der Waals surface area contributed by atoms with Crippen molar-refractivity contribution < 1.29 is 94.2 Å². The maximum atomic E-state index is 14.9. The molecule has 29 nitrogen and oxygen atoms in total. The molecule has 5 heterocycles. The van der Waals surface area contributed by atoms with E-state index in [0.29, 0.717) is 48.6 Å². The molecule has 6 aromatic rings. The Morgan fingerprint density at radius 1 is 0.734 bits per heavy atom. The zero-order chi connectivity index (χ0) is 79.1. The molecule has 9 rings (SSSR count). The molecular formula is C77H94ClN9O20S2. The lowest BCUT2D eigenvalue weighted by Gasteiger charge is -2.43. The Morgan fingerprint density at radius 3 is 2.04 bits per heavy atom. The van der Waals surface area contributed by atoms with E-state index >= 15 is 0 Å². The van der Waals surface area contributed by atoms with Crippen LogP contribution in [-0.4, -0.2) is 173 Å². The molecule has 109 heavy (non-hydrogen) atoms. The van der Waals surface area contributed by atoms with Gasteiger partial charge in [0.25, 0.3) is 0 Å². The number of esters is 4. The normalized spacial score (nSPS) is 19.3. The lowest BCUT2D eigenvalue weighted by atomic mass is 9.86. The predicted octanol–water partition coefficient (Wildman–Crippen LogP) is 11.0. The number of rotatable bonds is 30. The van der Waals surface area contributed by atoms with Crippen LogP contribution in [0.1, 0.15) is 155 Å². The molecule has 3 aliphatic heterocycles. The summed E-state index contributed by atoms with van der Waals surface area (Å²) in [4.78, 5) is 137. The first kappa shape index (κ1) is 83.1. The molecule has 3 fully saturated rings. The van der Waals surface area contributed by atoms with E-state index in [4.69, 9.17) is 54.2 Å². The molecule has 0 radical (unpaired) electrons. The van der Waals surface area contributed by atoms with Crippen molar-refractivity contribution in [2.24, 2.45) is 5.92 Å². The maximum absolute atomic E-state index is 14.9. The van der Waals surface area contributed by atoms with Gasteiger partial charge >= 0.3 is 30.0 Å². The number of benzene rings is 4. The first-order chi connectivity index (χ1) is 51.7. The molecule has 586 valence electrons. The number of anilines is 4. The molecule has 0 bridgehead atoms. The third-order valence-corrected chi connectivity index (χ3v) is 22.0. The molecule has 0 spiro atoms. The van der Waals surface area contributed by atoms with Crippen molar-refractivity contribution in [2.45, 2.75) is 212 Å². The van der Waals surface area contributed by atoms with E-state index < -0.39 is 130 Å². The van der Waals surface area contributed by atoms with Crippen LogP contribution in [0.15, 0.2) is 102 Å². The number of carbonyl (C=O) groups is 9. The zero-order valence-corrected chi connectivity index (χ0v) is 65.5. The van der Waals surface area contributed by atoms with Crippen LogP contribution in [0.2, 0.25) is 5.02 Å². The minimum absolute atomic E-state index is 0.0752. The lowest BCUT2D eigenvalue weighted by molar-refractivity contribution is -0.288. The molecule has 0 unspecified atom stereocenters. The highest BCUT2D eigenvalue weighted by Crippen LogP contribution is 2.40. The van der Waals surface area contributed by atoms with E-state index in [1.54, 1.807) is 63.2 Å². The standard InChI is InChI=1S/C77H94ClN9O20S2/c1-41(2)67(84-65(92)19-16-20-66(93)86-31-29-53(30-32-86)57-35-62(101-42(3)4)60(33-44(57)7)83-76-79-36-58(78)72(85-76)82-59-17-14-15-18-64(59)109(97,98)43(5)6)74(95)87-37-56(34-61(87)73(94)81-45(8)52-23-25-54(26-24-52)71-46(9)80-40-108-71)106-77(96)100-38-51-21-27-55(28-22-51)105-75-70(104-50(13)91)69(103-49(12)90)68(102-48(11)89)63(107-75)39-99-47(10)88/h14-15,17-18,21-28,33,35-36,40-43,45,53,56,61,63,67-70,75H,16,19-20,29-32,34,37-39H2,1-13H3,(H,81,94)(H,84,92)(H2,79,82,83,85)/t45-,56+,61-,63+,67-,68-,69-,70+,75+/m0/s1. The zero-order valence-electron chi connectivity index (χ0n) is 63.1. The predicted molar refractivity (Wildman–Crippen MR) is 402 cm³/mol. The number of nitrogens with zero attached hydrogens (tertiary/aromatic N) is 5. The van der Waals surface area contributed by atoms with Crippen LogP contribution in [-0.2, 0) is 88.0 Å². The van der Waals surface area contributed by atoms with Gasteiger partial charge in [-0.05, 0) is 144 Å². The summed E-state index contributed by atoms with van der Waals surface area (Å²) in [6, 6.07) is 21.4. The minimum atomic E-state index is -3.66. The molecule has 3 aliphatic rings. The molecule has 32 heteroatoms. The van der Waals surface area contributed by atoms with Crippen LogP contribution in [0.25, 0.3) is 10.4 Å². The smallest absolute Gasteiger partial charge is 0.489 e. The number of thiazole rings is 1. The second kappa shape index (κ2) is 37.4. The largest absolute Gasteiger partial charge is 0.508 e. The van der Waals surface area contributed by atoms with E-state index in [-0.39, 0.29) is 84.2 Å². The number of para-hydroxylation sites is 1. The van der Waals surface area contributed by atoms with Gasteiger partial charge in [0, 0.05) is 60.0 Å². The van der Waals surface area contributed by atoms with Gasteiger partial charge < -0.3 is 73.7 Å². The molecule has 0 aliphatic carbocycles. The van der Waals surface area contributed by atoms with Crippen LogP contribution in [0, 0.1) is 19.8 Å². The number of carbonyl (C=O) groups excluding carboxylic acids is 9. The minimum Gasteiger partial charge on any atom is -0.489 e. The Labute approximate surface area is 642 Å². The van der Waals surface area contributed by atoms with Crippen LogP contribution < -0.4 is 30.7 Å². The van der Waals surface area contributed by atoms with Crippen LogP contribution in [0.4, 0.5) is 27.9 Å². The number of sulfone groups is 1. The highest BCUT2D eigenvalue weighted by molar-refractivity contribution is 7.92. The third kappa shape index (κ3) is 22.1. The van der Waals surface area contributed by atoms with Gasteiger partial charge in [-0.1, -0.05) is 74.0 Å². The van der Waals surface area contributed by atoms with E-state index in [0.717, 1.165) is 60.5 Å². The molecule has 0 saturated carbocycles. The highest BCUT2D eigenvalue weighted by Gasteiger charge is 2.54. The monoisotopic (exact) mass is 1560 g/mol. The molecule has 4 N–H and O–H groups in total. The SMILES string of the molecule is CC(=O)OC[C@H]1O[C@@H](Oc2ccc(COC(=O)O[C@@H]3C[C@@H](C(=O)N[C@@H](C)c4ccc(-c5scnc5C)cc4)N(C(=O)[C@@H](NC(=O)CCCC(=O)N4CCC(c5cc(OC(C)C)c(Nc6ncc(Cl)c(Nc7ccccc7S(=O)(=O)C(C)C)n6)cc5C)CC4)C(C)C)C3)cc2)[C@H](OC(C)=O)[C@@H](OC(C)=O)[C@H]1OC(C)=O. The van der Waals surface area contributed by atoms with E-state index in [1.165, 1.54) is 52.8 Å². The number of hydrogen-bond donors (Lipinski definition) is 4. The van der Waals surface area contributed by atoms with E-state index in [2.05, 4.69) is 36.2 Å². The number of aromatic nitrogens is 3. The first-order valence-electron chi connectivity index (χ1n) is 36.0. The van der Waals surface area contributed by atoms with Gasteiger partial charge in [-0.15, -0.1) is 11.3 Å². The quantitative estimate of drug-likeness (QED) is 0.0240. The number of piperidine rings is 1. The number of halogens is 1. The second-order valence-electron chi connectivity index (χ2n) is 27.9. The molecular weight excluding hydrogens is 1470 g/mol. The fraction of sp³-hybridized carbons (Fsp3) is 0.481. The number of amides is 4. The van der Waals surface area contributed by atoms with Gasteiger partial charge in [-0.2, -0.15) is 4.98 Å². The summed E-state index contributed by atoms with van der Waals surface area (Å²) in [6.07, 6.45) is -6.69. The van der Waals surface area contributed by atoms with Crippen LogP contribution >= 0.6 is 22.9 Å². The van der Waals surface area contributed by atoms with Crippen molar-refractivity contribution in [2.75, 3.05) is 36.9 Å². The van der Waals surface area contributed by atoms with Gasteiger partial charge in [0.2, 0.25) is 42.0 Å². The Bertz CT molecular complexity index is 4380. The lowest BCUT2D eigenvalue weighted by Crippen LogP contribution is -2.63. The van der Waals surface area contributed by atoms with Gasteiger partial charge in [-0.25, -0.2) is 23.2 Å². The third-order valence-electron chi connectivity index (χ3n) is 18.5. The fourth-order valence-electron chi connectivity index (χ4n) is 13.0. The topological polar surface area (TPSA) is 364 Å². The summed E-state index contributed by atoms with van der Waals surface area (Å²) in [7, 11) is -3.66. The van der Waals surface area contributed by atoms with Gasteiger partial charge in [0.1, 0.15) is 54.0 Å². The van der Waals surface area contributed by atoms with Gasteiger partial charge in [0.05, 0.1) is 62.5 Å². The van der Waals surface area contributed by atoms with Crippen LogP contribution in [0.5, 0.6) is 11.5 Å². The number of likely N-dealkylation sites (tertiary alicyclic amines) is 2. The summed E-state index contributed by atoms with van der Waals surface area (Å²) >= 11 is 8.08. The molecule has 4 amide bonds. The van der Waals surface area contributed by atoms with Crippen molar-refractivity contribution in [3.8, 4) is 21.9 Å². The number of aryl methyl sites for hydroxylation is 2. The Morgan fingerprint density at radius 2 is 1.40 bits per heavy atom. The second-order valence-corrected chi connectivity index (χ2v) is 31.6. The first-order valence-corrected chi connectivity index (χ1v) is 38.8. The van der Waals surface area contributed by atoms with Crippen molar-refractivity contribution in [3.05, 3.63) is 130 Å². The average Bonchev–Trinajstić information content (AvgIpc) is 1.37. The molecule has 3 saturated heterocycles. The van der Waals surface area contributed by atoms with Crippen LogP contribution in [0.3, 0.4) is 0 Å². The highest BCUT2D eigenvalue weighted by atomic mass is 35.5. The van der Waals surface area contributed by atoms with Crippen molar-refractivity contribution >= 4 is 110 Å². The summed E-state index contributed by atoms with van der Waals surface area (Å²) in [6.45, 7) is 20.7. The Hall–Kier alpha value is -9.98. The number of ether oxygens (including phenoxy) is 9. The maximum Gasteiger partial charge on any atom is 0.508 e. The Balaban J connectivity index is 0.809. The summed E-state index contributed by atoms with van der Waals surface area (Å²) in [5, 5.41) is 11.8. The average molecular weight is 1570 g/mol. The molecule has 2 aromatic heterocycles. The Kier molecular flexibility index (Phi) is 28.5. The summed E-state index contributed by atoms with van der Waals surface area (Å²) < 4.78 is 77.9. The number of hydrogen-bond acceptors (Lipinski definition) is 26. The van der Waals surface area contributed by atoms with Crippen molar-refractivity contribution in [1.82, 2.24) is 35.4 Å². The summed E-state index contributed by atoms with van der Waals surface area (Å²) in [5.41, 5.74) is 7.77. The molecule has 4 aromatic carbocycles. The van der Waals surface area contributed by atoms with E-state index in [9.17, 15) is 51.6 Å². The molecule has 9 atom stereocenters. The summed E-state index contributed by atoms with van der Waals surface area (Å²) in [5.74, 6) is -4.19. The van der Waals surface area contributed by atoms with Gasteiger partial charge in [-0.3, -0.25) is 38.4 Å². The van der Waals surface area contributed by atoms with Gasteiger partial charge in [0.15, 0.2) is 27.9 Å². The number of nitrogens with one attached hydrogen (secondary N) is 4. The fourth-order valence-corrected chi connectivity index (χ4v) is 15.2. The van der Waals surface area contributed by atoms with Crippen molar-refractivity contribution in [1.29, 1.82) is 0 Å².